The predicted octanol–water partition coefficient (Wildman–Crippen LogP) is 2.12. The van der Waals surface area contributed by atoms with Crippen molar-refractivity contribution in [1.29, 1.82) is 0 Å². The Morgan fingerprint density at radius 2 is 2.22 bits per heavy atom. The fraction of sp³-hybridized carbons (Fsp3) is 0.333. The molecular weight excluding hydrogens is 237 g/mol. The van der Waals surface area contributed by atoms with Crippen LogP contribution in [0.15, 0.2) is 22.6 Å². The van der Waals surface area contributed by atoms with Crippen LogP contribution < -0.4 is 10.5 Å². The molecule has 1 atom stereocenters. The van der Waals surface area contributed by atoms with Crippen LogP contribution >= 0.6 is 0 Å². The van der Waals surface area contributed by atoms with E-state index in [9.17, 15) is 4.39 Å². The molecular formula is C12H14FN3O2. The van der Waals surface area contributed by atoms with Crippen LogP contribution in [0.25, 0.3) is 0 Å². The van der Waals surface area contributed by atoms with Gasteiger partial charge in [-0.05, 0) is 24.6 Å². The largest absolute Gasteiger partial charge is 0.481 e. The van der Waals surface area contributed by atoms with Crippen molar-refractivity contribution in [2.75, 3.05) is 0 Å². The number of nitrogens with zero attached hydrogens (tertiary/aromatic N) is 2. The lowest BCUT2D eigenvalue weighted by molar-refractivity contribution is 0.249. The van der Waals surface area contributed by atoms with Crippen molar-refractivity contribution < 1.29 is 13.5 Å². The van der Waals surface area contributed by atoms with Gasteiger partial charge < -0.3 is 14.9 Å². The highest BCUT2D eigenvalue weighted by atomic mass is 19.1. The molecule has 1 heterocycles. The van der Waals surface area contributed by atoms with Gasteiger partial charge in [0.05, 0.1) is 0 Å². The highest BCUT2D eigenvalue weighted by Gasteiger charge is 2.09. The summed E-state index contributed by atoms with van der Waals surface area (Å²) in [5.74, 6) is 0.431. The first kappa shape index (κ1) is 12.5. The van der Waals surface area contributed by atoms with Crippen LogP contribution in [0.2, 0.25) is 0 Å². The Hall–Kier alpha value is -1.95. The maximum atomic E-state index is 13.7. The summed E-state index contributed by atoms with van der Waals surface area (Å²) in [6.45, 7) is 3.50. The fourth-order valence-corrected chi connectivity index (χ4v) is 1.45. The first-order chi connectivity index (χ1) is 8.56. The average Bonchev–Trinajstić information content (AvgIpc) is 2.73. The van der Waals surface area contributed by atoms with Crippen LogP contribution in [0.4, 0.5) is 4.39 Å². The van der Waals surface area contributed by atoms with E-state index in [0.717, 1.165) is 0 Å². The zero-order chi connectivity index (χ0) is 13.1. The van der Waals surface area contributed by atoms with Gasteiger partial charge in [-0.1, -0.05) is 6.07 Å². The molecule has 0 radical (unpaired) electrons. The Morgan fingerprint density at radius 1 is 1.44 bits per heavy atom. The van der Waals surface area contributed by atoms with Gasteiger partial charge in [0.15, 0.2) is 18.2 Å². The van der Waals surface area contributed by atoms with Crippen molar-refractivity contribution in [3.05, 3.63) is 41.4 Å². The quantitative estimate of drug-likeness (QED) is 0.900. The summed E-state index contributed by atoms with van der Waals surface area (Å²) in [5, 5.41) is 7.40. The van der Waals surface area contributed by atoms with Crippen molar-refractivity contribution in [1.82, 2.24) is 10.2 Å². The molecule has 96 valence electrons. The van der Waals surface area contributed by atoms with Gasteiger partial charge in [0.2, 0.25) is 5.89 Å². The van der Waals surface area contributed by atoms with Crippen LogP contribution in [0.3, 0.4) is 0 Å². The van der Waals surface area contributed by atoms with Crippen LogP contribution in [0, 0.1) is 12.7 Å². The van der Waals surface area contributed by atoms with Crippen LogP contribution in [-0.4, -0.2) is 10.2 Å². The highest BCUT2D eigenvalue weighted by molar-refractivity contribution is 5.30. The Balaban J connectivity index is 2.05. The summed E-state index contributed by atoms with van der Waals surface area (Å²) in [4.78, 5) is 0. The van der Waals surface area contributed by atoms with Gasteiger partial charge in [-0.3, -0.25) is 0 Å². The monoisotopic (exact) mass is 251 g/mol. The molecule has 6 heteroatoms. The fourth-order valence-electron chi connectivity index (χ4n) is 1.45. The number of benzene rings is 1. The van der Waals surface area contributed by atoms with Gasteiger partial charge in [-0.25, -0.2) is 4.39 Å². The predicted molar refractivity (Wildman–Crippen MR) is 62.4 cm³/mol. The van der Waals surface area contributed by atoms with Gasteiger partial charge in [0, 0.05) is 13.0 Å². The third-order valence-corrected chi connectivity index (χ3v) is 2.40. The number of hydrogen-bond donors (Lipinski definition) is 1. The van der Waals surface area contributed by atoms with E-state index in [0.29, 0.717) is 17.3 Å². The second kappa shape index (κ2) is 5.14. The number of nitrogens with two attached hydrogens (primary N) is 1. The molecule has 18 heavy (non-hydrogen) atoms. The molecule has 0 unspecified atom stereocenters. The lowest BCUT2D eigenvalue weighted by Gasteiger charge is -2.09. The Bertz CT molecular complexity index is 540. The van der Waals surface area contributed by atoms with E-state index < -0.39 is 5.82 Å². The Morgan fingerprint density at radius 3 is 2.78 bits per heavy atom. The first-order valence-corrected chi connectivity index (χ1v) is 5.53. The lowest BCUT2D eigenvalue weighted by Crippen LogP contribution is -2.06. The number of rotatable bonds is 4. The highest BCUT2D eigenvalue weighted by Crippen LogP contribution is 2.21. The SMILES string of the molecule is Cc1nnc(COc2ccc([C@@H](C)N)cc2F)o1. The van der Waals surface area contributed by atoms with E-state index in [4.69, 9.17) is 14.9 Å². The van der Waals surface area contributed by atoms with Gasteiger partial charge >= 0.3 is 0 Å². The zero-order valence-electron chi connectivity index (χ0n) is 10.2. The molecule has 0 saturated heterocycles. The van der Waals surface area contributed by atoms with Crippen LogP contribution in [-0.2, 0) is 6.61 Å². The Labute approximate surface area is 104 Å². The smallest absolute Gasteiger partial charge is 0.253 e. The minimum Gasteiger partial charge on any atom is -0.481 e. The van der Waals surface area contributed by atoms with Crippen molar-refractivity contribution in [3.63, 3.8) is 0 Å². The average molecular weight is 251 g/mol. The minimum atomic E-state index is -0.457. The van der Waals surface area contributed by atoms with E-state index in [1.165, 1.54) is 12.1 Å². The molecule has 2 aromatic rings. The van der Waals surface area contributed by atoms with Crippen LogP contribution in [0.1, 0.15) is 30.3 Å². The summed E-state index contributed by atoms with van der Waals surface area (Å²) >= 11 is 0. The summed E-state index contributed by atoms with van der Waals surface area (Å²) in [6, 6.07) is 4.41. The normalized spacial score (nSPS) is 12.4. The number of aryl methyl sites for hydroxylation is 1. The molecule has 0 spiro atoms. The molecule has 0 aliphatic carbocycles. The number of ether oxygens (including phenoxy) is 1. The van der Waals surface area contributed by atoms with E-state index in [-0.39, 0.29) is 18.4 Å². The molecule has 2 rings (SSSR count). The third-order valence-electron chi connectivity index (χ3n) is 2.40. The van der Waals surface area contributed by atoms with Crippen LogP contribution in [0.5, 0.6) is 5.75 Å². The molecule has 0 aliphatic heterocycles. The first-order valence-electron chi connectivity index (χ1n) is 5.53. The molecule has 0 amide bonds. The zero-order valence-corrected chi connectivity index (χ0v) is 10.2. The number of aromatic nitrogens is 2. The minimum absolute atomic E-state index is 0.0370. The van der Waals surface area contributed by atoms with Crippen molar-refractivity contribution >= 4 is 0 Å². The van der Waals surface area contributed by atoms with Gasteiger partial charge in [-0.15, -0.1) is 10.2 Å². The van der Waals surface area contributed by atoms with Crippen molar-refractivity contribution in [2.45, 2.75) is 26.5 Å². The third kappa shape index (κ3) is 2.84. The van der Waals surface area contributed by atoms with Crippen molar-refractivity contribution in [2.24, 2.45) is 5.73 Å². The van der Waals surface area contributed by atoms with E-state index >= 15 is 0 Å². The summed E-state index contributed by atoms with van der Waals surface area (Å²) in [6.07, 6.45) is 0. The maximum Gasteiger partial charge on any atom is 0.253 e. The maximum absolute atomic E-state index is 13.7. The summed E-state index contributed by atoms with van der Waals surface area (Å²) in [7, 11) is 0. The topological polar surface area (TPSA) is 74.2 Å². The molecule has 1 aromatic carbocycles. The van der Waals surface area contributed by atoms with E-state index in [1.807, 2.05) is 0 Å². The molecule has 0 fully saturated rings. The van der Waals surface area contributed by atoms with E-state index in [1.54, 1.807) is 19.9 Å². The molecule has 0 bridgehead atoms. The molecule has 0 aliphatic rings. The molecule has 0 saturated carbocycles. The number of halogens is 1. The number of hydrogen-bond acceptors (Lipinski definition) is 5. The van der Waals surface area contributed by atoms with E-state index in [2.05, 4.69) is 10.2 Å². The molecule has 2 N–H and O–H groups in total. The van der Waals surface area contributed by atoms with Gasteiger partial charge in [-0.2, -0.15) is 0 Å². The standard InChI is InChI=1S/C12H14FN3O2/c1-7(14)9-3-4-11(10(13)5-9)17-6-12-16-15-8(2)18-12/h3-5,7H,6,14H2,1-2H3/t7-/m1/s1. The molecule has 1 aromatic heterocycles. The lowest BCUT2D eigenvalue weighted by atomic mass is 10.1. The van der Waals surface area contributed by atoms with Gasteiger partial charge in [0.25, 0.3) is 5.89 Å². The second-order valence-electron chi connectivity index (χ2n) is 3.98. The second-order valence-corrected chi connectivity index (χ2v) is 3.98. The molecule has 5 nitrogen and oxygen atoms in total. The van der Waals surface area contributed by atoms with Crippen molar-refractivity contribution in [3.8, 4) is 5.75 Å². The Kier molecular flexibility index (Phi) is 3.57. The van der Waals surface area contributed by atoms with Gasteiger partial charge in [0.1, 0.15) is 0 Å². The summed E-state index contributed by atoms with van der Waals surface area (Å²) in [5.41, 5.74) is 6.38. The summed E-state index contributed by atoms with van der Waals surface area (Å²) < 4.78 is 24.0.